The van der Waals surface area contributed by atoms with Gasteiger partial charge in [0, 0.05) is 11.8 Å². The van der Waals surface area contributed by atoms with Gasteiger partial charge in [-0.2, -0.15) is 0 Å². The van der Waals surface area contributed by atoms with Gasteiger partial charge in [0.25, 0.3) is 0 Å². The van der Waals surface area contributed by atoms with Gasteiger partial charge in [-0.3, -0.25) is 9.79 Å². The molecule has 0 aromatic carbocycles. The van der Waals surface area contributed by atoms with Crippen LogP contribution < -0.4 is 5.32 Å². The van der Waals surface area contributed by atoms with Crippen LogP contribution in [0.3, 0.4) is 0 Å². The second-order valence-corrected chi connectivity index (χ2v) is 7.62. The van der Waals surface area contributed by atoms with Crippen LogP contribution in [0.1, 0.15) is 40.0 Å². The maximum Gasteiger partial charge on any atom is 0.170 e. The number of aliphatic imine (C=N–C) groups is 1. The molecule has 22 heavy (non-hydrogen) atoms. The molecule has 4 rings (SSSR count). The smallest absolute Gasteiger partial charge is 0.170 e. The van der Waals surface area contributed by atoms with Crippen LogP contribution in [0.4, 0.5) is 0 Å². The number of Topliss-reactive ketones (excluding diaryl/α,β-unsaturated/α-hetero) is 1. The standard InChI is InChI=1S/C18H24N2O2/c1-10-7-11-13(8-10)18(2,3)22-17-15(11)16(21)12(9-20-17)14-5-4-6-19-14/h6-7,9,11,13-15,17,20H,4-5,8H2,1-3H3. The lowest BCUT2D eigenvalue weighted by molar-refractivity contribution is -0.192. The van der Waals surface area contributed by atoms with Gasteiger partial charge in [-0.05, 0) is 58.1 Å². The fourth-order valence-electron chi connectivity index (χ4n) is 4.64. The van der Waals surface area contributed by atoms with Gasteiger partial charge in [-0.25, -0.2) is 0 Å². The Hall–Kier alpha value is -1.42. The van der Waals surface area contributed by atoms with Crippen molar-refractivity contribution in [3.63, 3.8) is 0 Å². The first-order chi connectivity index (χ1) is 10.5. The molecule has 0 saturated carbocycles. The van der Waals surface area contributed by atoms with Crippen molar-refractivity contribution in [2.75, 3.05) is 0 Å². The summed E-state index contributed by atoms with van der Waals surface area (Å²) in [4.78, 5) is 17.6. The number of ether oxygens (including phenoxy) is 1. The van der Waals surface area contributed by atoms with Crippen LogP contribution in [0, 0.1) is 17.8 Å². The molecule has 0 amide bonds. The summed E-state index contributed by atoms with van der Waals surface area (Å²) in [6, 6.07) is 0.0424. The van der Waals surface area contributed by atoms with Crippen LogP contribution in [-0.4, -0.2) is 29.9 Å². The number of carbonyl (C=O) groups is 1. The van der Waals surface area contributed by atoms with E-state index in [1.165, 1.54) is 5.57 Å². The molecule has 1 N–H and O–H groups in total. The number of carbonyl (C=O) groups excluding carboxylic acids is 1. The van der Waals surface area contributed by atoms with E-state index in [0.717, 1.165) is 24.8 Å². The minimum atomic E-state index is -0.208. The Morgan fingerprint density at radius 1 is 1.41 bits per heavy atom. The van der Waals surface area contributed by atoms with E-state index in [4.69, 9.17) is 4.74 Å². The molecule has 0 bridgehead atoms. The Labute approximate surface area is 131 Å². The Balaban J connectivity index is 1.69. The molecule has 0 spiro atoms. The second-order valence-electron chi connectivity index (χ2n) is 7.62. The lowest BCUT2D eigenvalue weighted by atomic mass is 9.68. The van der Waals surface area contributed by atoms with Crippen LogP contribution in [0.25, 0.3) is 0 Å². The fraction of sp³-hybridized carbons (Fsp3) is 0.667. The number of allylic oxidation sites excluding steroid dienone is 2. The predicted octanol–water partition coefficient (Wildman–Crippen LogP) is 2.61. The molecule has 0 aromatic heterocycles. The van der Waals surface area contributed by atoms with Crippen LogP contribution in [0.2, 0.25) is 0 Å². The van der Waals surface area contributed by atoms with Gasteiger partial charge in [0.05, 0.1) is 17.6 Å². The number of hydrogen-bond acceptors (Lipinski definition) is 4. The van der Waals surface area contributed by atoms with Gasteiger partial charge in [-0.1, -0.05) is 11.6 Å². The number of rotatable bonds is 1. The van der Waals surface area contributed by atoms with Gasteiger partial charge in [-0.15, -0.1) is 0 Å². The number of hydrogen-bond donors (Lipinski definition) is 1. The molecule has 1 saturated heterocycles. The van der Waals surface area contributed by atoms with Crippen molar-refractivity contribution in [3.05, 3.63) is 23.4 Å². The topological polar surface area (TPSA) is 50.7 Å². The van der Waals surface area contributed by atoms with Crippen LogP contribution in [0.5, 0.6) is 0 Å². The number of nitrogens with zero attached hydrogens (tertiary/aromatic N) is 1. The van der Waals surface area contributed by atoms with E-state index in [1.54, 1.807) is 0 Å². The molecule has 1 aliphatic carbocycles. The summed E-state index contributed by atoms with van der Waals surface area (Å²) in [5.41, 5.74) is 2.02. The zero-order chi connectivity index (χ0) is 15.5. The van der Waals surface area contributed by atoms with E-state index in [0.29, 0.717) is 5.92 Å². The molecule has 5 unspecified atom stereocenters. The fourth-order valence-corrected chi connectivity index (χ4v) is 4.64. The second kappa shape index (κ2) is 4.79. The third kappa shape index (κ3) is 2.00. The van der Waals surface area contributed by atoms with E-state index >= 15 is 0 Å². The van der Waals surface area contributed by atoms with Crippen molar-refractivity contribution < 1.29 is 9.53 Å². The maximum absolute atomic E-state index is 13.1. The number of fused-ring (bicyclic) bond motifs is 3. The molecule has 0 radical (unpaired) electrons. The first-order valence-electron chi connectivity index (χ1n) is 8.34. The Kier molecular flexibility index (Phi) is 3.09. The molecule has 118 valence electrons. The van der Waals surface area contributed by atoms with E-state index in [9.17, 15) is 4.79 Å². The first-order valence-corrected chi connectivity index (χ1v) is 8.34. The molecule has 5 atom stereocenters. The Morgan fingerprint density at radius 3 is 2.95 bits per heavy atom. The van der Waals surface area contributed by atoms with Gasteiger partial charge in [0.1, 0.15) is 6.23 Å². The predicted molar refractivity (Wildman–Crippen MR) is 85.5 cm³/mol. The largest absolute Gasteiger partial charge is 0.365 e. The molecule has 3 heterocycles. The summed E-state index contributed by atoms with van der Waals surface area (Å²) in [5, 5.41) is 3.35. The highest BCUT2D eigenvalue weighted by atomic mass is 16.5. The summed E-state index contributed by atoms with van der Waals surface area (Å²) in [7, 11) is 0. The van der Waals surface area contributed by atoms with Gasteiger partial charge in [0.15, 0.2) is 5.78 Å². The number of ketones is 1. The van der Waals surface area contributed by atoms with Crippen molar-refractivity contribution >= 4 is 12.0 Å². The third-order valence-electron chi connectivity index (χ3n) is 5.75. The highest BCUT2D eigenvalue weighted by Crippen LogP contribution is 2.50. The molecule has 4 aliphatic rings. The first kappa shape index (κ1) is 14.2. The van der Waals surface area contributed by atoms with Gasteiger partial charge in [0.2, 0.25) is 0 Å². The zero-order valence-corrected chi connectivity index (χ0v) is 13.5. The van der Waals surface area contributed by atoms with Crippen molar-refractivity contribution in [3.8, 4) is 0 Å². The third-order valence-corrected chi connectivity index (χ3v) is 5.75. The summed E-state index contributed by atoms with van der Waals surface area (Å²) >= 11 is 0. The zero-order valence-electron chi connectivity index (χ0n) is 13.5. The van der Waals surface area contributed by atoms with E-state index in [-0.39, 0.29) is 35.5 Å². The highest BCUT2D eigenvalue weighted by Gasteiger charge is 2.54. The minimum absolute atomic E-state index is 0.0424. The van der Waals surface area contributed by atoms with Crippen molar-refractivity contribution in [1.29, 1.82) is 0 Å². The summed E-state index contributed by atoms with van der Waals surface area (Å²) in [5.74, 6) is 0.810. The molecule has 4 nitrogen and oxygen atoms in total. The van der Waals surface area contributed by atoms with Crippen LogP contribution in [0.15, 0.2) is 28.4 Å². The molecule has 1 fully saturated rings. The van der Waals surface area contributed by atoms with E-state index < -0.39 is 0 Å². The number of nitrogens with one attached hydrogen (secondary N) is 1. The Bertz CT molecular complexity index is 602. The highest BCUT2D eigenvalue weighted by molar-refractivity contribution is 6.00. The monoisotopic (exact) mass is 300 g/mol. The molecule has 4 heteroatoms. The molecule has 3 aliphatic heterocycles. The average Bonchev–Trinajstić information content (AvgIpc) is 3.08. The van der Waals surface area contributed by atoms with Gasteiger partial charge >= 0.3 is 0 Å². The molecular formula is C18H24N2O2. The lowest BCUT2D eigenvalue weighted by Crippen LogP contribution is -2.59. The van der Waals surface area contributed by atoms with Crippen molar-refractivity contribution in [2.45, 2.75) is 57.9 Å². The molecular weight excluding hydrogens is 276 g/mol. The van der Waals surface area contributed by atoms with E-state index in [2.05, 4.69) is 37.2 Å². The van der Waals surface area contributed by atoms with Crippen LogP contribution in [-0.2, 0) is 9.53 Å². The van der Waals surface area contributed by atoms with Crippen molar-refractivity contribution in [1.82, 2.24) is 5.32 Å². The van der Waals surface area contributed by atoms with E-state index in [1.807, 2.05) is 12.4 Å². The SMILES string of the molecule is CC1=CC2C3C(=O)C(C4CCC=N4)=CNC3OC(C)(C)C2C1. The van der Waals surface area contributed by atoms with Gasteiger partial charge < -0.3 is 10.1 Å². The lowest BCUT2D eigenvalue weighted by Gasteiger charge is -2.50. The summed E-state index contributed by atoms with van der Waals surface area (Å²) in [6.45, 7) is 6.47. The van der Waals surface area contributed by atoms with Crippen LogP contribution >= 0.6 is 0 Å². The normalized spacial score (nSPS) is 42.3. The summed E-state index contributed by atoms with van der Waals surface area (Å²) in [6.07, 6.45) is 8.86. The Morgan fingerprint density at radius 2 is 2.23 bits per heavy atom. The quantitative estimate of drug-likeness (QED) is 0.757. The molecule has 0 aromatic rings. The average molecular weight is 300 g/mol. The van der Waals surface area contributed by atoms with Crippen molar-refractivity contribution in [2.24, 2.45) is 22.7 Å². The summed E-state index contributed by atoms with van der Waals surface area (Å²) < 4.78 is 6.27. The maximum atomic E-state index is 13.1. The minimum Gasteiger partial charge on any atom is -0.365 e.